The first-order chi connectivity index (χ1) is 16.8. The summed E-state index contributed by atoms with van der Waals surface area (Å²) in [6.45, 7) is 6.79. The summed E-state index contributed by atoms with van der Waals surface area (Å²) in [5.41, 5.74) is 5.63. The lowest BCUT2D eigenvalue weighted by Crippen LogP contribution is -2.43. The first-order valence-electron chi connectivity index (χ1n) is 12.2. The van der Waals surface area contributed by atoms with Crippen LogP contribution in [-0.2, 0) is 16.2 Å². The van der Waals surface area contributed by atoms with Gasteiger partial charge in [-0.05, 0) is 59.7 Å². The Kier molecular flexibility index (Phi) is 6.06. The lowest BCUT2D eigenvalue weighted by atomic mass is 9.69. The predicted octanol–water partition coefficient (Wildman–Crippen LogP) is 6.74. The maximum atomic E-state index is 13.5. The van der Waals surface area contributed by atoms with Gasteiger partial charge in [-0.15, -0.1) is 0 Å². The highest BCUT2D eigenvalue weighted by Crippen LogP contribution is 2.48. The minimum atomic E-state index is -0.230. The van der Waals surface area contributed by atoms with E-state index in [4.69, 9.17) is 4.74 Å². The normalized spacial score (nSPS) is 19.5. The highest BCUT2D eigenvalue weighted by atomic mass is 16.5. The van der Waals surface area contributed by atoms with Crippen LogP contribution in [0.15, 0.2) is 90.1 Å². The number of carbonyl (C=O) groups excluding carboxylic acids is 2. The third-order valence-electron chi connectivity index (χ3n) is 7.10. The van der Waals surface area contributed by atoms with Crippen molar-refractivity contribution in [2.24, 2.45) is 5.41 Å². The number of aryl methyl sites for hydroxylation is 1. The molecule has 4 nitrogen and oxygen atoms in total. The predicted molar refractivity (Wildman–Crippen MR) is 138 cm³/mol. The number of amides is 1. The van der Waals surface area contributed by atoms with E-state index < -0.39 is 0 Å². The molecule has 0 saturated heterocycles. The van der Waals surface area contributed by atoms with Crippen LogP contribution in [-0.4, -0.2) is 11.7 Å². The number of ketones is 1. The van der Waals surface area contributed by atoms with Gasteiger partial charge >= 0.3 is 0 Å². The first-order valence-corrected chi connectivity index (χ1v) is 12.2. The van der Waals surface area contributed by atoms with E-state index in [9.17, 15) is 9.59 Å². The molecule has 3 aromatic rings. The number of hydrogen-bond acceptors (Lipinski definition) is 3. The molecule has 1 unspecified atom stereocenters. The molecule has 0 aromatic heterocycles. The van der Waals surface area contributed by atoms with Crippen molar-refractivity contribution < 1.29 is 14.3 Å². The van der Waals surface area contributed by atoms with Crippen molar-refractivity contribution in [3.05, 3.63) is 107 Å². The maximum Gasteiger partial charge on any atom is 0.232 e. The SMILES string of the molecule is Cc1ccccc1COc1ccc(C2CC(=O)N(c3ccccc3)C3=C2C(=O)CC(C)(C)C3)cc1. The Bertz CT molecular complexity index is 1290. The van der Waals surface area contributed by atoms with Gasteiger partial charge in [-0.3, -0.25) is 14.5 Å². The molecule has 1 aliphatic carbocycles. The fourth-order valence-electron chi connectivity index (χ4n) is 5.31. The lowest BCUT2D eigenvalue weighted by molar-refractivity contribution is -0.121. The molecule has 2 aliphatic rings. The number of ether oxygens (including phenoxy) is 1. The number of para-hydroxylation sites is 1. The van der Waals surface area contributed by atoms with Crippen LogP contribution in [0, 0.1) is 12.3 Å². The highest BCUT2D eigenvalue weighted by molar-refractivity contribution is 6.07. The van der Waals surface area contributed by atoms with E-state index in [2.05, 4.69) is 32.9 Å². The summed E-state index contributed by atoms with van der Waals surface area (Å²) in [6, 6.07) is 25.8. The van der Waals surface area contributed by atoms with Gasteiger partial charge in [0.1, 0.15) is 12.4 Å². The van der Waals surface area contributed by atoms with Crippen molar-refractivity contribution in [3.63, 3.8) is 0 Å². The molecule has 0 N–H and O–H groups in total. The Balaban J connectivity index is 1.46. The Hall–Kier alpha value is -3.66. The minimum absolute atomic E-state index is 0.0327. The van der Waals surface area contributed by atoms with Gasteiger partial charge in [0, 0.05) is 35.7 Å². The average Bonchev–Trinajstić information content (AvgIpc) is 2.83. The van der Waals surface area contributed by atoms with E-state index in [1.165, 1.54) is 5.56 Å². The van der Waals surface area contributed by atoms with Gasteiger partial charge in [0.25, 0.3) is 0 Å². The molecule has 5 rings (SSSR count). The number of benzene rings is 3. The molecule has 1 amide bonds. The zero-order valence-electron chi connectivity index (χ0n) is 20.6. The fraction of sp³-hybridized carbons (Fsp3) is 0.290. The summed E-state index contributed by atoms with van der Waals surface area (Å²) in [6.07, 6.45) is 1.48. The second-order valence-corrected chi connectivity index (χ2v) is 10.4. The standard InChI is InChI=1S/C31H31NO3/c1-21-9-7-8-10-23(21)20-35-25-15-13-22(14-16-25)26-17-29(34)32(24-11-5-4-6-12-24)27-18-31(2,3)19-28(33)30(26)27/h4-16,26H,17-20H2,1-3H3. The van der Waals surface area contributed by atoms with Crippen LogP contribution in [0.5, 0.6) is 5.75 Å². The Labute approximate surface area is 207 Å². The summed E-state index contributed by atoms with van der Waals surface area (Å²) >= 11 is 0. The number of hydrogen-bond donors (Lipinski definition) is 0. The zero-order valence-corrected chi connectivity index (χ0v) is 20.6. The van der Waals surface area contributed by atoms with Crippen LogP contribution in [0.3, 0.4) is 0 Å². The van der Waals surface area contributed by atoms with Crippen LogP contribution in [0.1, 0.15) is 55.7 Å². The van der Waals surface area contributed by atoms with Crippen molar-refractivity contribution >= 4 is 17.4 Å². The van der Waals surface area contributed by atoms with Crippen LogP contribution in [0.25, 0.3) is 0 Å². The minimum Gasteiger partial charge on any atom is -0.489 e. The molecular weight excluding hydrogens is 434 g/mol. The quantitative estimate of drug-likeness (QED) is 0.419. The Morgan fingerprint density at radius 3 is 2.29 bits per heavy atom. The van der Waals surface area contributed by atoms with Crippen LogP contribution >= 0.6 is 0 Å². The van der Waals surface area contributed by atoms with Crippen molar-refractivity contribution in [1.29, 1.82) is 0 Å². The van der Waals surface area contributed by atoms with Crippen LogP contribution < -0.4 is 9.64 Å². The summed E-state index contributed by atoms with van der Waals surface area (Å²) in [5, 5.41) is 0. The molecule has 1 heterocycles. The summed E-state index contributed by atoms with van der Waals surface area (Å²) < 4.78 is 6.01. The van der Waals surface area contributed by atoms with Crippen molar-refractivity contribution in [2.75, 3.05) is 4.90 Å². The molecule has 0 saturated carbocycles. The largest absolute Gasteiger partial charge is 0.489 e. The number of anilines is 1. The van der Waals surface area contributed by atoms with Crippen LogP contribution in [0.4, 0.5) is 5.69 Å². The van der Waals surface area contributed by atoms with E-state index in [-0.39, 0.29) is 29.4 Å². The number of Topliss-reactive ketones (excluding diaryl/α,β-unsaturated/α-hetero) is 1. The molecule has 0 bridgehead atoms. The molecule has 35 heavy (non-hydrogen) atoms. The first kappa shape index (κ1) is 23.1. The second-order valence-electron chi connectivity index (χ2n) is 10.4. The van der Waals surface area contributed by atoms with Crippen molar-refractivity contribution in [1.82, 2.24) is 0 Å². The lowest BCUT2D eigenvalue weighted by Gasteiger charge is -2.43. The third-order valence-corrected chi connectivity index (χ3v) is 7.10. The van der Waals surface area contributed by atoms with E-state index in [1.807, 2.05) is 66.7 Å². The summed E-state index contributed by atoms with van der Waals surface area (Å²) in [5.74, 6) is 0.724. The number of rotatable bonds is 5. The Morgan fingerprint density at radius 2 is 1.57 bits per heavy atom. The molecule has 4 heteroatoms. The zero-order chi connectivity index (χ0) is 24.6. The van der Waals surface area contributed by atoms with E-state index in [0.717, 1.165) is 33.8 Å². The fourth-order valence-corrected chi connectivity index (χ4v) is 5.31. The van der Waals surface area contributed by atoms with Crippen LogP contribution in [0.2, 0.25) is 0 Å². The third kappa shape index (κ3) is 4.66. The molecule has 1 aliphatic heterocycles. The molecular formula is C31H31NO3. The van der Waals surface area contributed by atoms with E-state index in [1.54, 1.807) is 4.90 Å². The summed E-state index contributed by atoms with van der Waals surface area (Å²) in [4.78, 5) is 28.7. The van der Waals surface area contributed by atoms with Gasteiger partial charge in [-0.2, -0.15) is 0 Å². The molecule has 178 valence electrons. The smallest absolute Gasteiger partial charge is 0.232 e. The average molecular weight is 466 g/mol. The maximum absolute atomic E-state index is 13.5. The monoisotopic (exact) mass is 465 g/mol. The van der Waals surface area contributed by atoms with Gasteiger partial charge in [-0.25, -0.2) is 0 Å². The van der Waals surface area contributed by atoms with Gasteiger partial charge in [0.2, 0.25) is 5.91 Å². The van der Waals surface area contributed by atoms with Gasteiger partial charge in [0.15, 0.2) is 5.78 Å². The molecule has 0 spiro atoms. The molecule has 3 aromatic carbocycles. The van der Waals surface area contributed by atoms with E-state index in [0.29, 0.717) is 19.4 Å². The van der Waals surface area contributed by atoms with Gasteiger partial charge in [-0.1, -0.05) is 68.4 Å². The topological polar surface area (TPSA) is 46.6 Å². The molecule has 1 atom stereocenters. The second kappa shape index (κ2) is 9.18. The van der Waals surface area contributed by atoms with Crippen molar-refractivity contribution in [2.45, 2.75) is 52.6 Å². The van der Waals surface area contributed by atoms with Crippen molar-refractivity contribution in [3.8, 4) is 5.75 Å². The van der Waals surface area contributed by atoms with Gasteiger partial charge in [0.05, 0.1) is 0 Å². The number of nitrogens with zero attached hydrogens (tertiary/aromatic N) is 1. The summed E-state index contributed by atoms with van der Waals surface area (Å²) in [7, 11) is 0. The molecule has 0 radical (unpaired) electrons. The van der Waals surface area contributed by atoms with E-state index >= 15 is 0 Å². The van der Waals surface area contributed by atoms with Gasteiger partial charge < -0.3 is 4.74 Å². The number of allylic oxidation sites excluding steroid dienone is 2. The number of carbonyl (C=O) groups is 2. The highest BCUT2D eigenvalue weighted by Gasteiger charge is 2.44. The Morgan fingerprint density at radius 1 is 0.886 bits per heavy atom. The molecule has 0 fully saturated rings.